The van der Waals surface area contributed by atoms with Crippen LogP contribution in [0.2, 0.25) is 0 Å². The van der Waals surface area contributed by atoms with Crippen LogP contribution in [0.1, 0.15) is 6.92 Å². The average molecular weight is 316 g/mol. The summed E-state index contributed by atoms with van der Waals surface area (Å²) in [6, 6.07) is 12.2. The van der Waals surface area contributed by atoms with Crippen molar-refractivity contribution in [3.05, 3.63) is 54.3 Å². The molecule has 0 fully saturated rings. The van der Waals surface area contributed by atoms with E-state index < -0.39 is 5.82 Å². The number of rotatable bonds is 5. The van der Waals surface area contributed by atoms with Gasteiger partial charge in [-0.3, -0.25) is 9.59 Å². The quantitative estimate of drug-likeness (QED) is 0.923. The highest BCUT2D eigenvalue weighted by molar-refractivity contribution is 6.01. The molecule has 6 heteroatoms. The lowest BCUT2D eigenvalue weighted by Crippen LogP contribution is -2.36. The SMILES string of the molecule is COc1ccc(NC(=O)CN(C(C)=O)c2ccc(F)cc2)cc1. The third-order valence-corrected chi connectivity index (χ3v) is 3.19. The van der Waals surface area contributed by atoms with Crippen LogP contribution in [0.3, 0.4) is 0 Å². The average Bonchev–Trinajstić information content (AvgIpc) is 2.54. The molecule has 2 rings (SSSR count). The number of anilines is 2. The summed E-state index contributed by atoms with van der Waals surface area (Å²) < 4.78 is 18.0. The summed E-state index contributed by atoms with van der Waals surface area (Å²) in [5.74, 6) is -0.379. The number of nitrogens with one attached hydrogen (secondary N) is 1. The largest absolute Gasteiger partial charge is 0.497 e. The monoisotopic (exact) mass is 316 g/mol. The Morgan fingerprint density at radius 2 is 1.70 bits per heavy atom. The summed E-state index contributed by atoms with van der Waals surface area (Å²) in [7, 11) is 1.56. The van der Waals surface area contributed by atoms with Crippen molar-refractivity contribution in [3.8, 4) is 5.75 Å². The van der Waals surface area contributed by atoms with Crippen molar-refractivity contribution in [1.82, 2.24) is 0 Å². The number of ether oxygens (including phenoxy) is 1. The maximum absolute atomic E-state index is 13.0. The fourth-order valence-corrected chi connectivity index (χ4v) is 2.02. The van der Waals surface area contributed by atoms with Crippen molar-refractivity contribution in [2.24, 2.45) is 0 Å². The molecule has 2 aromatic rings. The van der Waals surface area contributed by atoms with E-state index in [1.54, 1.807) is 31.4 Å². The molecule has 0 aliphatic carbocycles. The van der Waals surface area contributed by atoms with Gasteiger partial charge < -0.3 is 15.0 Å². The molecule has 0 aliphatic heterocycles. The standard InChI is InChI=1S/C17H17FN2O3/c1-12(21)20(15-7-3-13(18)4-8-15)11-17(22)19-14-5-9-16(23-2)10-6-14/h3-10H,11H2,1-2H3,(H,19,22). The van der Waals surface area contributed by atoms with Gasteiger partial charge in [0.2, 0.25) is 11.8 Å². The Morgan fingerprint density at radius 3 is 2.22 bits per heavy atom. The van der Waals surface area contributed by atoms with Crippen molar-refractivity contribution >= 4 is 23.2 Å². The summed E-state index contributed by atoms with van der Waals surface area (Å²) in [4.78, 5) is 25.1. The predicted molar refractivity (Wildman–Crippen MR) is 86.1 cm³/mol. The van der Waals surface area contributed by atoms with Crippen molar-refractivity contribution in [1.29, 1.82) is 0 Å². The highest BCUT2D eigenvalue weighted by Gasteiger charge is 2.16. The number of benzene rings is 2. The molecule has 0 spiro atoms. The zero-order valence-electron chi connectivity index (χ0n) is 12.9. The van der Waals surface area contributed by atoms with Gasteiger partial charge >= 0.3 is 0 Å². The minimum atomic E-state index is -0.403. The molecule has 0 saturated heterocycles. The van der Waals surface area contributed by atoms with E-state index in [0.29, 0.717) is 17.1 Å². The Labute approximate surface area is 133 Å². The number of hydrogen-bond acceptors (Lipinski definition) is 3. The van der Waals surface area contributed by atoms with Crippen LogP contribution < -0.4 is 15.0 Å². The first-order valence-electron chi connectivity index (χ1n) is 6.97. The Kier molecular flexibility index (Phi) is 5.30. The second-order valence-electron chi connectivity index (χ2n) is 4.86. The number of halogens is 1. The lowest BCUT2D eigenvalue weighted by atomic mass is 10.2. The van der Waals surface area contributed by atoms with E-state index in [2.05, 4.69) is 5.32 Å². The molecule has 2 aromatic carbocycles. The van der Waals surface area contributed by atoms with Gasteiger partial charge in [0.25, 0.3) is 0 Å². The van der Waals surface area contributed by atoms with E-state index >= 15 is 0 Å². The normalized spacial score (nSPS) is 10.0. The van der Waals surface area contributed by atoms with Crippen LogP contribution in [0, 0.1) is 5.82 Å². The minimum absolute atomic E-state index is 0.160. The number of carbonyl (C=O) groups is 2. The topological polar surface area (TPSA) is 58.6 Å². The zero-order chi connectivity index (χ0) is 16.8. The van der Waals surface area contributed by atoms with Crippen molar-refractivity contribution in [3.63, 3.8) is 0 Å². The summed E-state index contributed by atoms with van der Waals surface area (Å²) in [5.41, 5.74) is 1.06. The van der Waals surface area contributed by atoms with E-state index in [0.717, 1.165) is 0 Å². The molecule has 2 amide bonds. The highest BCUT2D eigenvalue weighted by atomic mass is 19.1. The summed E-state index contributed by atoms with van der Waals surface area (Å²) >= 11 is 0. The molecule has 0 radical (unpaired) electrons. The first kappa shape index (κ1) is 16.5. The number of methoxy groups -OCH3 is 1. The lowest BCUT2D eigenvalue weighted by molar-refractivity contribution is -0.120. The van der Waals surface area contributed by atoms with Crippen LogP contribution >= 0.6 is 0 Å². The van der Waals surface area contributed by atoms with Gasteiger partial charge in [0.05, 0.1) is 7.11 Å². The Balaban J connectivity index is 2.05. The van der Waals surface area contributed by atoms with E-state index in [1.807, 2.05) is 0 Å². The van der Waals surface area contributed by atoms with Gasteiger partial charge in [0.1, 0.15) is 18.1 Å². The van der Waals surface area contributed by atoms with Crippen LogP contribution in [0.15, 0.2) is 48.5 Å². The van der Waals surface area contributed by atoms with Gasteiger partial charge in [0.15, 0.2) is 0 Å². The fraction of sp³-hybridized carbons (Fsp3) is 0.176. The first-order valence-corrected chi connectivity index (χ1v) is 6.97. The van der Waals surface area contributed by atoms with E-state index in [1.165, 1.54) is 36.1 Å². The van der Waals surface area contributed by atoms with E-state index in [-0.39, 0.29) is 18.4 Å². The Hall–Kier alpha value is -2.89. The number of amides is 2. The molecule has 0 aromatic heterocycles. The second-order valence-corrected chi connectivity index (χ2v) is 4.86. The van der Waals surface area contributed by atoms with E-state index in [4.69, 9.17) is 4.74 Å². The summed E-state index contributed by atoms with van der Waals surface area (Å²) in [5, 5.41) is 2.70. The molecule has 120 valence electrons. The van der Waals surface area contributed by atoms with Crippen LogP contribution in [-0.4, -0.2) is 25.5 Å². The predicted octanol–water partition coefficient (Wildman–Crippen LogP) is 2.83. The molecular formula is C17H17FN2O3. The molecule has 1 N–H and O–H groups in total. The van der Waals surface area contributed by atoms with Gasteiger partial charge in [-0.15, -0.1) is 0 Å². The molecule has 5 nitrogen and oxygen atoms in total. The van der Waals surface area contributed by atoms with Gasteiger partial charge in [-0.05, 0) is 48.5 Å². The third kappa shape index (κ3) is 4.54. The Morgan fingerprint density at radius 1 is 1.09 bits per heavy atom. The smallest absolute Gasteiger partial charge is 0.244 e. The number of carbonyl (C=O) groups excluding carboxylic acids is 2. The number of hydrogen-bond donors (Lipinski definition) is 1. The third-order valence-electron chi connectivity index (χ3n) is 3.19. The molecule has 0 saturated carbocycles. The first-order chi connectivity index (χ1) is 11.0. The molecule has 0 heterocycles. The maximum Gasteiger partial charge on any atom is 0.244 e. The molecule has 23 heavy (non-hydrogen) atoms. The maximum atomic E-state index is 13.0. The van der Waals surface area contributed by atoms with Crippen molar-refractivity contribution in [2.75, 3.05) is 23.9 Å². The fourth-order valence-electron chi connectivity index (χ4n) is 2.02. The second kappa shape index (κ2) is 7.40. The van der Waals surface area contributed by atoms with Crippen molar-refractivity contribution < 1.29 is 18.7 Å². The van der Waals surface area contributed by atoms with E-state index in [9.17, 15) is 14.0 Å². The van der Waals surface area contributed by atoms with Gasteiger partial charge in [-0.1, -0.05) is 0 Å². The minimum Gasteiger partial charge on any atom is -0.497 e. The lowest BCUT2D eigenvalue weighted by Gasteiger charge is -2.20. The van der Waals surface area contributed by atoms with Crippen molar-refractivity contribution in [2.45, 2.75) is 6.92 Å². The molecule has 0 aliphatic rings. The van der Waals surface area contributed by atoms with Crippen LogP contribution in [0.25, 0.3) is 0 Å². The number of nitrogens with zero attached hydrogens (tertiary/aromatic N) is 1. The van der Waals surface area contributed by atoms with Gasteiger partial charge in [-0.25, -0.2) is 4.39 Å². The molecule has 0 unspecified atom stereocenters. The highest BCUT2D eigenvalue weighted by Crippen LogP contribution is 2.17. The summed E-state index contributed by atoms with van der Waals surface area (Å²) in [6.45, 7) is 1.19. The van der Waals surface area contributed by atoms with Crippen LogP contribution in [0.4, 0.5) is 15.8 Å². The van der Waals surface area contributed by atoms with Crippen LogP contribution in [-0.2, 0) is 9.59 Å². The summed E-state index contributed by atoms with van der Waals surface area (Å²) in [6.07, 6.45) is 0. The molecule has 0 atom stereocenters. The van der Waals surface area contributed by atoms with Crippen LogP contribution in [0.5, 0.6) is 5.75 Å². The van der Waals surface area contributed by atoms with Gasteiger partial charge in [-0.2, -0.15) is 0 Å². The molecule has 0 bridgehead atoms. The van der Waals surface area contributed by atoms with Gasteiger partial charge in [0, 0.05) is 18.3 Å². The Bertz CT molecular complexity index is 684. The molecular weight excluding hydrogens is 299 g/mol. The zero-order valence-corrected chi connectivity index (χ0v) is 12.9.